The molecular weight excluding hydrogens is 48.0 g/mol. The quantitative estimate of drug-likeness (QED) is 0.435. The molecule has 0 N–H and O–H groups in total. The van der Waals surface area contributed by atoms with Gasteiger partial charge in [0.05, 0.1) is 0 Å². The van der Waals surface area contributed by atoms with Crippen LogP contribution in [0.5, 0.6) is 0 Å². The zero-order valence-corrected chi connectivity index (χ0v) is 2.65. The Kier molecular flexibility index (Phi) is 0.422. The van der Waals surface area contributed by atoms with E-state index in [1.165, 1.54) is 6.92 Å². The molecule has 0 bridgehead atoms. The third-order valence-electron chi connectivity index (χ3n) is 0.167. The van der Waals surface area contributed by atoms with Gasteiger partial charge in [-0.15, -0.1) is 0 Å². The van der Waals surface area contributed by atoms with E-state index in [4.69, 9.17) is 6.85 Å². The topological polar surface area (TPSA) is 0 Å². The van der Waals surface area contributed by atoms with Crippen molar-refractivity contribution in [2.45, 2.75) is 26.6 Å². The van der Waals surface area contributed by atoms with Crippen molar-refractivity contribution >= 4 is 0 Å². The molecule has 0 spiro atoms. The maximum Gasteiger partial charge on any atom is 0.0264 e. The average Bonchev–Trinajstić information content (AvgIpc) is 1.65. The zero-order valence-electron chi connectivity index (χ0n) is 7.65. The summed E-state index contributed by atoms with van der Waals surface area (Å²) < 4.78 is 34.1. The van der Waals surface area contributed by atoms with Gasteiger partial charge in [-0.1, -0.05) is 26.6 Å². The summed E-state index contributed by atoms with van der Waals surface area (Å²) in [6.07, 6.45) is -3.00. The van der Waals surface area contributed by atoms with Gasteiger partial charge in [-0.2, -0.15) is 0 Å². The Balaban J connectivity index is 4.01. The molecule has 0 aromatic heterocycles. The number of hydrogen-bond donors (Lipinski definition) is 0. The minimum atomic E-state index is -2.00. The molecule has 4 heavy (non-hydrogen) atoms. The molecule has 0 aromatic carbocycles. The van der Waals surface area contributed by atoms with Crippen LogP contribution in [-0.4, -0.2) is 0 Å². The fraction of sp³-hybridized carbons (Fsp3) is 1.00. The minimum Gasteiger partial charge on any atom is -0.0654 e. The SMILES string of the molecule is [2H]C([2H])C([2H])([2H])C([2H])C. The normalized spacial score (nSPS) is 38.0. The van der Waals surface area contributed by atoms with Crippen LogP contribution < -0.4 is 0 Å². The second-order valence-corrected chi connectivity index (χ2v) is 0.455. The molecule has 0 heterocycles. The van der Waals surface area contributed by atoms with Gasteiger partial charge in [0.2, 0.25) is 0 Å². The van der Waals surface area contributed by atoms with Crippen molar-refractivity contribution in [1.82, 2.24) is 0 Å². The van der Waals surface area contributed by atoms with Crippen molar-refractivity contribution in [3.63, 3.8) is 0 Å². The fourth-order valence-electron chi connectivity index (χ4n) is 0. The molecule has 0 rings (SSSR count). The Morgan fingerprint density at radius 1 is 2.25 bits per heavy atom. The third kappa shape index (κ3) is 2.00. The highest BCUT2D eigenvalue weighted by Gasteiger charge is 1.56. The van der Waals surface area contributed by atoms with Crippen molar-refractivity contribution in [3.05, 3.63) is 0 Å². The highest BCUT2D eigenvalue weighted by molar-refractivity contribution is 4.12. The first-order chi connectivity index (χ1) is 3.89. The summed E-state index contributed by atoms with van der Waals surface area (Å²) in [7, 11) is 0. The van der Waals surface area contributed by atoms with E-state index in [2.05, 4.69) is 0 Å². The molecule has 0 aromatic rings. The Morgan fingerprint density at radius 2 is 3.00 bits per heavy atom. The highest BCUT2D eigenvalue weighted by Crippen LogP contribution is 1.76. The molecule has 0 amide bonds. The van der Waals surface area contributed by atoms with Crippen LogP contribution in [-0.2, 0) is 0 Å². The molecule has 0 saturated heterocycles. The first-order valence-corrected chi connectivity index (χ1v) is 1.15. The van der Waals surface area contributed by atoms with Gasteiger partial charge in [0, 0.05) is 6.85 Å². The number of rotatable bonds is 1. The summed E-state index contributed by atoms with van der Waals surface area (Å²) >= 11 is 0. The standard InChI is InChI=1S/C4H10/c1-3-4-2/h3-4H2,1-2H3/i1D2,3D2,4D. The largest absolute Gasteiger partial charge is 0.0654 e. The second-order valence-electron chi connectivity index (χ2n) is 0.455. The molecular formula is C4H10. The summed E-state index contributed by atoms with van der Waals surface area (Å²) in [5, 5.41) is 0. The molecule has 0 nitrogen and oxygen atoms in total. The molecule has 0 aliphatic carbocycles. The predicted octanol–water partition coefficient (Wildman–Crippen LogP) is 1.81. The van der Waals surface area contributed by atoms with Gasteiger partial charge >= 0.3 is 0 Å². The lowest BCUT2D eigenvalue weighted by Crippen LogP contribution is -1.47. The summed E-state index contributed by atoms with van der Waals surface area (Å²) in [6, 6.07) is 0. The van der Waals surface area contributed by atoms with Crippen molar-refractivity contribution in [1.29, 1.82) is 0 Å². The Bertz CT molecular complexity index is 77.0. The van der Waals surface area contributed by atoms with Gasteiger partial charge < -0.3 is 0 Å². The van der Waals surface area contributed by atoms with E-state index in [1.54, 1.807) is 0 Å². The van der Waals surface area contributed by atoms with E-state index in [0.717, 1.165) is 0 Å². The van der Waals surface area contributed by atoms with Crippen LogP contribution in [0.1, 0.15) is 33.4 Å². The van der Waals surface area contributed by atoms with Crippen molar-refractivity contribution < 1.29 is 6.85 Å². The van der Waals surface area contributed by atoms with Crippen molar-refractivity contribution in [2.75, 3.05) is 0 Å². The maximum absolute atomic E-state index is 6.94. The van der Waals surface area contributed by atoms with Crippen LogP contribution in [0.3, 0.4) is 0 Å². The van der Waals surface area contributed by atoms with E-state index in [1.807, 2.05) is 0 Å². The lowest BCUT2D eigenvalue weighted by Gasteiger charge is -1.68. The van der Waals surface area contributed by atoms with Crippen LogP contribution in [0.4, 0.5) is 0 Å². The van der Waals surface area contributed by atoms with Gasteiger partial charge in [-0.25, -0.2) is 0 Å². The Morgan fingerprint density at radius 3 is 3.00 bits per heavy atom. The highest BCUT2D eigenvalue weighted by atomic mass is 13.6. The van der Waals surface area contributed by atoms with Crippen molar-refractivity contribution in [2.24, 2.45) is 0 Å². The lowest BCUT2D eigenvalue weighted by molar-refractivity contribution is 0.886. The van der Waals surface area contributed by atoms with Gasteiger partial charge in [0.25, 0.3) is 0 Å². The van der Waals surface area contributed by atoms with E-state index in [-0.39, 0.29) is 0 Å². The van der Waals surface area contributed by atoms with Crippen LogP contribution in [0.25, 0.3) is 0 Å². The summed E-state index contributed by atoms with van der Waals surface area (Å²) in [5.41, 5.74) is 0. The second kappa shape index (κ2) is 3.00. The maximum atomic E-state index is 6.94. The first-order valence-electron chi connectivity index (χ1n) is 3.89. The lowest BCUT2D eigenvalue weighted by atomic mass is 10.4. The predicted molar refractivity (Wildman–Crippen MR) is 20.6 cm³/mol. The van der Waals surface area contributed by atoms with Crippen LogP contribution in [0.2, 0.25) is 0 Å². The fourth-order valence-corrected chi connectivity index (χ4v) is 0. The van der Waals surface area contributed by atoms with Gasteiger partial charge in [-0.3, -0.25) is 0 Å². The third-order valence-corrected chi connectivity index (χ3v) is 0.167. The monoisotopic (exact) mass is 63.1 g/mol. The smallest absolute Gasteiger partial charge is 0.0264 e. The van der Waals surface area contributed by atoms with Crippen LogP contribution in [0.15, 0.2) is 0 Å². The summed E-state index contributed by atoms with van der Waals surface area (Å²) in [5.74, 6) is 0. The van der Waals surface area contributed by atoms with E-state index in [9.17, 15) is 0 Å². The molecule has 1 unspecified atom stereocenters. The molecule has 0 radical (unpaired) electrons. The van der Waals surface area contributed by atoms with Gasteiger partial charge in [-0.05, 0) is 0 Å². The van der Waals surface area contributed by atoms with E-state index in [0.29, 0.717) is 0 Å². The summed E-state index contributed by atoms with van der Waals surface area (Å²) in [6.45, 7) is -0.221. The average molecular weight is 63.2 g/mol. The summed E-state index contributed by atoms with van der Waals surface area (Å²) in [4.78, 5) is 0. The first kappa shape index (κ1) is 0.562. The molecule has 0 aliphatic heterocycles. The molecule has 0 heteroatoms. The molecule has 0 fully saturated rings. The van der Waals surface area contributed by atoms with Gasteiger partial charge in [0.15, 0.2) is 0 Å². The molecule has 0 aliphatic rings. The Labute approximate surface area is 34.9 Å². The van der Waals surface area contributed by atoms with E-state index >= 15 is 0 Å². The van der Waals surface area contributed by atoms with E-state index < -0.39 is 19.6 Å². The van der Waals surface area contributed by atoms with Crippen LogP contribution >= 0.6 is 0 Å². The van der Waals surface area contributed by atoms with Crippen LogP contribution in [0, 0.1) is 0 Å². The molecule has 1 atom stereocenters. The number of hydrogen-bond acceptors (Lipinski definition) is 0. The zero-order chi connectivity index (χ0) is 7.65. The van der Waals surface area contributed by atoms with Gasteiger partial charge in [0.1, 0.15) is 0 Å². The molecule has 26 valence electrons. The van der Waals surface area contributed by atoms with Crippen molar-refractivity contribution in [3.8, 4) is 0 Å². The molecule has 0 saturated carbocycles. The minimum absolute atomic E-state index is 1.00. The Hall–Kier alpha value is 0.